The average molecular weight is 358 g/mol. The van der Waals surface area contributed by atoms with Gasteiger partial charge in [-0.3, -0.25) is 4.79 Å². The van der Waals surface area contributed by atoms with Crippen molar-refractivity contribution in [1.29, 1.82) is 0 Å². The SMILES string of the molecule is COCCOc1ccccc1CN[C@H]1CCCN(c2ncc[nH]c2=O)C1. The highest BCUT2D eigenvalue weighted by atomic mass is 16.5. The fourth-order valence-corrected chi connectivity index (χ4v) is 3.19. The second kappa shape index (κ2) is 9.35. The van der Waals surface area contributed by atoms with Crippen molar-refractivity contribution in [1.82, 2.24) is 15.3 Å². The predicted octanol–water partition coefficient (Wildman–Crippen LogP) is 1.55. The lowest BCUT2D eigenvalue weighted by Crippen LogP contribution is -2.47. The molecule has 0 amide bonds. The highest BCUT2D eigenvalue weighted by Crippen LogP contribution is 2.19. The lowest BCUT2D eigenvalue weighted by molar-refractivity contribution is 0.145. The molecule has 1 aliphatic rings. The molecule has 0 unspecified atom stereocenters. The third kappa shape index (κ3) is 4.83. The quantitative estimate of drug-likeness (QED) is 0.697. The van der Waals surface area contributed by atoms with Crippen LogP contribution in [0.5, 0.6) is 5.75 Å². The Kier molecular flexibility index (Phi) is 6.62. The van der Waals surface area contributed by atoms with Crippen LogP contribution in [-0.4, -0.2) is 49.4 Å². The average Bonchev–Trinajstić information content (AvgIpc) is 2.68. The molecular weight excluding hydrogens is 332 g/mol. The van der Waals surface area contributed by atoms with Crippen molar-refractivity contribution < 1.29 is 9.47 Å². The third-order valence-electron chi connectivity index (χ3n) is 4.51. The Hall–Kier alpha value is -2.38. The summed E-state index contributed by atoms with van der Waals surface area (Å²) in [4.78, 5) is 21.0. The number of methoxy groups -OCH3 is 1. The van der Waals surface area contributed by atoms with Crippen LogP contribution in [0.15, 0.2) is 41.5 Å². The number of H-pyrrole nitrogens is 1. The zero-order valence-electron chi connectivity index (χ0n) is 15.1. The maximum atomic E-state index is 12.0. The summed E-state index contributed by atoms with van der Waals surface area (Å²) in [6.07, 6.45) is 5.29. The Labute approximate surface area is 153 Å². The molecule has 0 aliphatic carbocycles. The van der Waals surface area contributed by atoms with Crippen LogP contribution in [0.2, 0.25) is 0 Å². The maximum absolute atomic E-state index is 12.0. The number of nitrogens with one attached hydrogen (secondary N) is 2. The molecule has 1 saturated heterocycles. The first-order valence-electron chi connectivity index (χ1n) is 8.99. The molecule has 26 heavy (non-hydrogen) atoms. The first-order chi connectivity index (χ1) is 12.8. The van der Waals surface area contributed by atoms with Crippen LogP contribution in [0.3, 0.4) is 0 Å². The molecule has 0 saturated carbocycles. The first-order valence-corrected chi connectivity index (χ1v) is 8.99. The minimum absolute atomic E-state index is 0.134. The number of aromatic amines is 1. The van der Waals surface area contributed by atoms with Crippen molar-refractivity contribution >= 4 is 5.82 Å². The fourth-order valence-electron chi connectivity index (χ4n) is 3.19. The van der Waals surface area contributed by atoms with Gasteiger partial charge in [-0.05, 0) is 18.9 Å². The van der Waals surface area contributed by atoms with Gasteiger partial charge in [-0.1, -0.05) is 18.2 Å². The summed E-state index contributed by atoms with van der Waals surface area (Å²) < 4.78 is 10.8. The highest BCUT2D eigenvalue weighted by Gasteiger charge is 2.22. The van der Waals surface area contributed by atoms with E-state index < -0.39 is 0 Å². The normalized spacial score (nSPS) is 17.3. The Bertz CT molecular complexity index is 749. The molecule has 1 fully saturated rings. The number of hydrogen-bond acceptors (Lipinski definition) is 6. The van der Waals surface area contributed by atoms with E-state index >= 15 is 0 Å². The van der Waals surface area contributed by atoms with Gasteiger partial charge in [0.1, 0.15) is 12.4 Å². The largest absolute Gasteiger partial charge is 0.491 e. The van der Waals surface area contributed by atoms with E-state index in [0.29, 0.717) is 25.1 Å². The first kappa shape index (κ1) is 18.4. The molecule has 7 heteroatoms. The van der Waals surface area contributed by atoms with Crippen molar-refractivity contribution in [2.24, 2.45) is 0 Å². The van der Waals surface area contributed by atoms with E-state index in [9.17, 15) is 4.79 Å². The van der Waals surface area contributed by atoms with E-state index in [1.807, 2.05) is 18.2 Å². The molecule has 140 valence electrons. The molecule has 3 rings (SSSR count). The molecule has 0 spiro atoms. The van der Waals surface area contributed by atoms with Gasteiger partial charge >= 0.3 is 0 Å². The fraction of sp³-hybridized carbons (Fsp3) is 0.474. The lowest BCUT2D eigenvalue weighted by atomic mass is 10.1. The van der Waals surface area contributed by atoms with Crippen LogP contribution < -0.4 is 20.5 Å². The van der Waals surface area contributed by atoms with Gasteiger partial charge in [0.05, 0.1) is 6.61 Å². The molecule has 2 N–H and O–H groups in total. The number of para-hydroxylation sites is 1. The summed E-state index contributed by atoms with van der Waals surface area (Å²) in [7, 11) is 1.66. The summed E-state index contributed by atoms with van der Waals surface area (Å²) in [6, 6.07) is 8.34. The van der Waals surface area contributed by atoms with Crippen LogP contribution in [0.1, 0.15) is 18.4 Å². The number of ether oxygens (including phenoxy) is 2. The van der Waals surface area contributed by atoms with Gasteiger partial charge in [0, 0.05) is 50.7 Å². The van der Waals surface area contributed by atoms with E-state index in [0.717, 1.165) is 43.8 Å². The second-order valence-corrected chi connectivity index (χ2v) is 6.36. The summed E-state index contributed by atoms with van der Waals surface area (Å²) in [5, 5.41) is 3.59. The molecule has 2 aromatic rings. The Morgan fingerprint density at radius 3 is 3.08 bits per heavy atom. The number of benzene rings is 1. The molecule has 0 radical (unpaired) electrons. The van der Waals surface area contributed by atoms with Crippen LogP contribution in [-0.2, 0) is 11.3 Å². The molecule has 1 aromatic heterocycles. The van der Waals surface area contributed by atoms with Crippen molar-refractivity contribution in [3.8, 4) is 5.75 Å². The lowest BCUT2D eigenvalue weighted by Gasteiger charge is -2.33. The molecule has 7 nitrogen and oxygen atoms in total. The van der Waals surface area contributed by atoms with Gasteiger partial charge in [0.15, 0.2) is 5.82 Å². The summed E-state index contributed by atoms with van der Waals surface area (Å²) in [5.74, 6) is 1.38. The third-order valence-corrected chi connectivity index (χ3v) is 4.51. The Morgan fingerprint density at radius 1 is 1.35 bits per heavy atom. The van der Waals surface area contributed by atoms with E-state index in [1.165, 1.54) is 0 Å². The monoisotopic (exact) mass is 358 g/mol. The second-order valence-electron chi connectivity index (χ2n) is 6.36. The molecule has 1 aliphatic heterocycles. The van der Waals surface area contributed by atoms with Crippen molar-refractivity contribution in [2.75, 3.05) is 38.3 Å². The number of hydrogen-bond donors (Lipinski definition) is 2. The Balaban J connectivity index is 1.58. The summed E-state index contributed by atoms with van der Waals surface area (Å²) in [5.41, 5.74) is 0.987. The predicted molar refractivity (Wildman–Crippen MR) is 101 cm³/mol. The van der Waals surface area contributed by atoms with E-state index in [-0.39, 0.29) is 5.56 Å². The van der Waals surface area contributed by atoms with Gasteiger partial charge in [0.2, 0.25) is 0 Å². The van der Waals surface area contributed by atoms with Crippen molar-refractivity contribution in [3.05, 3.63) is 52.6 Å². The van der Waals surface area contributed by atoms with Gasteiger partial charge in [-0.2, -0.15) is 0 Å². The molecule has 1 atom stereocenters. The topological polar surface area (TPSA) is 79.5 Å². The number of aromatic nitrogens is 2. The van der Waals surface area contributed by atoms with Crippen LogP contribution in [0, 0.1) is 0 Å². The van der Waals surface area contributed by atoms with E-state index in [1.54, 1.807) is 19.5 Å². The van der Waals surface area contributed by atoms with Gasteiger partial charge in [-0.15, -0.1) is 0 Å². The van der Waals surface area contributed by atoms with Crippen LogP contribution >= 0.6 is 0 Å². The van der Waals surface area contributed by atoms with Gasteiger partial charge in [0.25, 0.3) is 5.56 Å². The number of nitrogens with zero attached hydrogens (tertiary/aromatic N) is 2. The van der Waals surface area contributed by atoms with Crippen molar-refractivity contribution in [3.63, 3.8) is 0 Å². The van der Waals surface area contributed by atoms with Crippen molar-refractivity contribution in [2.45, 2.75) is 25.4 Å². The highest BCUT2D eigenvalue weighted by molar-refractivity contribution is 5.36. The Morgan fingerprint density at radius 2 is 2.23 bits per heavy atom. The number of rotatable bonds is 8. The standard InChI is InChI=1S/C19H26N4O3/c1-25-11-12-26-17-7-3-2-5-15(17)13-22-16-6-4-10-23(14-16)18-19(24)21-9-8-20-18/h2-3,5,7-9,16,22H,4,6,10-14H2,1H3,(H,21,24)/t16-/m0/s1. The van der Waals surface area contributed by atoms with E-state index in [4.69, 9.17) is 9.47 Å². The van der Waals surface area contributed by atoms with E-state index in [2.05, 4.69) is 26.3 Å². The summed E-state index contributed by atoms with van der Waals surface area (Å²) >= 11 is 0. The van der Waals surface area contributed by atoms with Crippen LogP contribution in [0.25, 0.3) is 0 Å². The minimum Gasteiger partial charge on any atom is -0.491 e. The number of anilines is 1. The minimum atomic E-state index is -0.134. The smallest absolute Gasteiger partial charge is 0.290 e. The molecular formula is C19H26N4O3. The molecule has 1 aromatic carbocycles. The van der Waals surface area contributed by atoms with Gasteiger partial charge in [-0.25, -0.2) is 4.98 Å². The molecule has 0 bridgehead atoms. The van der Waals surface area contributed by atoms with Crippen LogP contribution in [0.4, 0.5) is 5.82 Å². The summed E-state index contributed by atoms with van der Waals surface area (Å²) in [6.45, 7) is 3.45. The zero-order valence-corrected chi connectivity index (χ0v) is 15.1. The number of piperidine rings is 1. The molecule has 2 heterocycles. The van der Waals surface area contributed by atoms with Gasteiger partial charge < -0.3 is 24.7 Å². The zero-order chi connectivity index (χ0) is 18.2. The maximum Gasteiger partial charge on any atom is 0.290 e.